The number of hydrogen-bond donors (Lipinski definition) is 2. The van der Waals surface area contributed by atoms with Crippen molar-refractivity contribution in [1.82, 2.24) is 15.0 Å². The van der Waals surface area contributed by atoms with Crippen LogP contribution in [0, 0.1) is 5.92 Å². The van der Waals surface area contributed by atoms with Crippen LogP contribution >= 0.6 is 0 Å². The van der Waals surface area contributed by atoms with Gasteiger partial charge in [-0.2, -0.15) is 4.98 Å². The van der Waals surface area contributed by atoms with Gasteiger partial charge in [0.05, 0.1) is 12.0 Å². The number of hydrogen-bond acceptors (Lipinski definition) is 6. The zero-order valence-electron chi connectivity index (χ0n) is 7.63. The fraction of sp³-hybridized carbons (Fsp3) is 0.750. The number of nitrogen functional groups attached to an aromatic ring is 1. The van der Waals surface area contributed by atoms with Crippen LogP contribution in [0.4, 0.5) is 5.95 Å². The van der Waals surface area contributed by atoms with Gasteiger partial charge in [0.1, 0.15) is 0 Å². The van der Waals surface area contributed by atoms with Gasteiger partial charge in [0, 0.05) is 25.6 Å². The average Bonchev–Trinajstić information content (AvgIpc) is 2.77. The first-order valence-electron chi connectivity index (χ1n) is 4.73. The van der Waals surface area contributed by atoms with Crippen molar-refractivity contribution in [1.29, 1.82) is 0 Å². The van der Waals surface area contributed by atoms with Crippen LogP contribution in [-0.4, -0.2) is 45.9 Å². The molecule has 76 valence electrons. The maximum absolute atomic E-state index is 9.70. The minimum Gasteiger partial charge on any atom is -0.391 e. The molecule has 2 saturated heterocycles. The third-order valence-electron chi connectivity index (χ3n) is 3.15. The highest BCUT2D eigenvalue weighted by atomic mass is 16.5. The lowest BCUT2D eigenvalue weighted by molar-refractivity contribution is 0.0974. The van der Waals surface area contributed by atoms with E-state index >= 15 is 0 Å². The Morgan fingerprint density at radius 3 is 2.86 bits per heavy atom. The van der Waals surface area contributed by atoms with E-state index in [1.54, 1.807) is 0 Å². The minimum absolute atomic E-state index is 0.156. The number of nitrogens with two attached hydrogens (primary N) is 1. The van der Waals surface area contributed by atoms with Gasteiger partial charge in [-0.3, -0.25) is 4.90 Å². The lowest BCUT2D eigenvalue weighted by Gasteiger charge is -2.23. The molecule has 0 saturated carbocycles. The second kappa shape index (κ2) is 2.68. The van der Waals surface area contributed by atoms with Crippen molar-refractivity contribution in [3.63, 3.8) is 0 Å². The van der Waals surface area contributed by atoms with Crippen LogP contribution in [0.5, 0.6) is 0 Å². The second-order valence-corrected chi connectivity index (χ2v) is 4.05. The summed E-state index contributed by atoms with van der Waals surface area (Å²) in [5.74, 6) is 1.12. The molecular formula is C8H12N4O2. The van der Waals surface area contributed by atoms with Crippen LogP contribution < -0.4 is 5.73 Å². The molecule has 6 heteroatoms. The third-order valence-corrected chi connectivity index (χ3v) is 3.15. The van der Waals surface area contributed by atoms with Crippen LogP contribution in [0.2, 0.25) is 0 Å². The normalized spacial score (nSPS) is 40.6. The summed E-state index contributed by atoms with van der Waals surface area (Å²) in [6.45, 7) is 2.59. The fourth-order valence-electron chi connectivity index (χ4n) is 2.51. The summed E-state index contributed by atoms with van der Waals surface area (Å²) in [7, 11) is 0. The Kier molecular flexibility index (Phi) is 1.57. The van der Waals surface area contributed by atoms with Crippen LogP contribution in [0.1, 0.15) is 11.8 Å². The molecule has 2 aliphatic heterocycles. The lowest BCUT2D eigenvalue weighted by atomic mass is 9.90. The van der Waals surface area contributed by atoms with E-state index in [9.17, 15) is 5.11 Å². The van der Waals surface area contributed by atoms with Gasteiger partial charge in [0.25, 0.3) is 5.95 Å². The standard InChI is InChI=1S/C8H12N4O2/c9-8-10-7(14-11-8)5-2-12-1-4(5)6(13)3-12/h4-6,13H,1-3H2,(H2,9,11). The highest BCUT2D eigenvalue weighted by molar-refractivity contribution is 5.16. The van der Waals surface area contributed by atoms with Gasteiger partial charge < -0.3 is 15.4 Å². The molecule has 1 aromatic rings. The van der Waals surface area contributed by atoms with Crippen molar-refractivity contribution in [3.8, 4) is 0 Å². The smallest absolute Gasteiger partial charge is 0.260 e. The maximum Gasteiger partial charge on any atom is 0.260 e. The molecule has 0 aromatic carbocycles. The Morgan fingerprint density at radius 2 is 2.29 bits per heavy atom. The first-order valence-corrected chi connectivity index (χ1v) is 4.73. The third kappa shape index (κ3) is 1.04. The van der Waals surface area contributed by atoms with Crippen LogP contribution in [0.25, 0.3) is 0 Å². The fourth-order valence-corrected chi connectivity index (χ4v) is 2.51. The Balaban J connectivity index is 1.87. The summed E-state index contributed by atoms with van der Waals surface area (Å²) in [6, 6.07) is 0. The molecule has 3 heterocycles. The van der Waals surface area contributed by atoms with Gasteiger partial charge in [0.2, 0.25) is 5.89 Å². The first-order chi connectivity index (χ1) is 6.74. The number of fused-ring (bicyclic) bond motifs is 2. The average molecular weight is 196 g/mol. The van der Waals surface area contributed by atoms with Gasteiger partial charge >= 0.3 is 0 Å². The van der Waals surface area contributed by atoms with Crippen molar-refractivity contribution in [2.24, 2.45) is 5.92 Å². The summed E-state index contributed by atoms with van der Waals surface area (Å²) in [6.07, 6.45) is -0.262. The summed E-state index contributed by atoms with van der Waals surface area (Å²) in [4.78, 5) is 6.22. The van der Waals surface area contributed by atoms with Crippen LogP contribution in [-0.2, 0) is 0 Å². The highest BCUT2D eigenvalue weighted by Crippen LogP contribution is 2.39. The molecule has 2 fully saturated rings. The minimum atomic E-state index is -0.262. The van der Waals surface area contributed by atoms with Crippen LogP contribution in [0.15, 0.2) is 4.52 Å². The van der Waals surface area contributed by atoms with Gasteiger partial charge in [-0.1, -0.05) is 0 Å². The summed E-state index contributed by atoms with van der Waals surface area (Å²) in [5, 5.41) is 13.3. The van der Waals surface area contributed by atoms with Crippen molar-refractivity contribution in [2.75, 3.05) is 25.4 Å². The molecule has 0 amide bonds. The zero-order chi connectivity index (χ0) is 9.71. The van der Waals surface area contributed by atoms with Crippen molar-refractivity contribution in [2.45, 2.75) is 12.0 Å². The molecule has 1 aromatic heterocycles. The van der Waals surface area contributed by atoms with E-state index in [0.29, 0.717) is 5.89 Å². The number of anilines is 1. The maximum atomic E-state index is 9.70. The van der Waals surface area contributed by atoms with Crippen molar-refractivity contribution >= 4 is 5.95 Å². The van der Waals surface area contributed by atoms with Gasteiger partial charge in [0.15, 0.2) is 0 Å². The topological polar surface area (TPSA) is 88.4 Å². The molecule has 0 aliphatic carbocycles. The Bertz CT molecular complexity index is 353. The molecule has 4 unspecified atom stereocenters. The molecule has 3 rings (SSSR count). The van der Waals surface area contributed by atoms with E-state index < -0.39 is 0 Å². The molecule has 14 heavy (non-hydrogen) atoms. The monoisotopic (exact) mass is 196 g/mol. The zero-order valence-corrected chi connectivity index (χ0v) is 7.63. The van der Waals surface area contributed by atoms with E-state index in [2.05, 4.69) is 15.0 Å². The molecule has 0 spiro atoms. The number of nitrogens with zero attached hydrogens (tertiary/aromatic N) is 3. The molecule has 4 atom stereocenters. The van der Waals surface area contributed by atoms with E-state index in [0.717, 1.165) is 19.6 Å². The predicted molar refractivity (Wildman–Crippen MR) is 47.4 cm³/mol. The molecule has 6 nitrogen and oxygen atoms in total. The molecule has 0 radical (unpaired) electrons. The van der Waals surface area contributed by atoms with Crippen molar-refractivity contribution < 1.29 is 9.63 Å². The largest absolute Gasteiger partial charge is 0.391 e. The Labute approximate surface area is 80.7 Å². The van der Waals surface area contributed by atoms with E-state index in [1.165, 1.54) is 0 Å². The summed E-state index contributed by atoms with van der Waals surface area (Å²) >= 11 is 0. The van der Waals surface area contributed by atoms with Crippen LogP contribution in [0.3, 0.4) is 0 Å². The van der Waals surface area contributed by atoms with E-state index in [1.807, 2.05) is 0 Å². The number of aliphatic hydroxyl groups is 1. The lowest BCUT2D eigenvalue weighted by Crippen LogP contribution is -2.33. The highest BCUT2D eigenvalue weighted by Gasteiger charge is 2.47. The van der Waals surface area contributed by atoms with Gasteiger partial charge in [-0.25, -0.2) is 0 Å². The van der Waals surface area contributed by atoms with Gasteiger partial charge in [-0.05, 0) is 5.16 Å². The molecule has 2 aliphatic rings. The summed E-state index contributed by atoms with van der Waals surface area (Å²) in [5.41, 5.74) is 5.39. The second-order valence-electron chi connectivity index (χ2n) is 4.05. The Morgan fingerprint density at radius 1 is 1.43 bits per heavy atom. The quantitative estimate of drug-likeness (QED) is 0.601. The van der Waals surface area contributed by atoms with E-state index in [4.69, 9.17) is 10.3 Å². The number of aliphatic hydroxyl groups excluding tert-OH is 1. The SMILES string of the molecule is Nc1noc(C2CN3CC(O)C2C3)n1. The number of rotatable bonds is 1. The predicted octanol–water partition coefficient (Wildman–Crippen LogP) is -0.958. The molecule has 2 bridgehead atoms. The number of piperidine rings is 1. The Hall–Kier alpha value is -1.14. The molecular weight excluding hydrogens is 184 g/mol. The molecule has 3 N–H and O–H groups in total. The summed E-state index contributed by atoms with van der Waals surface area (Å²) < 4.78 is 5.03. The van der Waals surface area contributed by atoms with Gasteiger partial charge in [-0.15, -0.1) is 0 Å². The number of aromatic nitrogens is 2. The first kappa shape index (κ1) is 8.19. The van der Waals surface area contributed by atoms with Crippen molar-refractivity contribution in [3.05, 3.63) is 5.89 Å². The van der Waals surface area contributed by atoms with E-state index in [-0.39, 0.29) is 23.9 Å².